The normalized spacial score (nSPS) is 10.2. The van der Waals surface area contributed by atoms with Gasteiger partial charge < -0.3 is 10.5 Å². The Morgan fingerprint density at radius 3 is 2.60 bits per heavy atom. The van der Waals surface area contributed by atoms with E-state index in [0.29, 0.717) is 12.4 Å². The quantitative estimate of drug-likeness (QED) is 0.802. The van der Waals surface area contributed by atoms with Crippen LogP contribution in [0.2, 0.25) is 0 Å². The van der Waals surface area contributed by atoms with Crippen LogP contribution in [-0.2, 0) is 0 Å². The highest BCUT2D eigenvalue weighted by Gasteiger charge is 2.01. The average Bonchev–Trinajstić information content (AvgIpc) is 2.67. The highest BCUT2D eigenvalue weighted by atomic mass is 16.5. The lowest BCUT2D eigenvalue weighted by atomic mass is 10.1. The van der Waals surface area contributed by atoms with Crippen LogP contribution in [0.25, 0.3) is 11.3 Å². The third-order valence-corrected chi connectivity index (χ3v) is 2.07. The largest absolute Gasteiger partial charge is 0.494 e. The number of hydrogen-bond acceptors (Lipinski definition) is 3. The molecule has 0 aliphatic rings. The number of ether oxygens (including phenoxy) is 1. The number of rotatable bonds is 3. The topological polar surface area (TPSA) is 63.9 Å². The van der Waals surface area contributed by atoms with Gasteiger partial charge in [0.05, 0.1) is 12.3 Å². The maximum Gasteiger partial charge on any atom is 0.145 e. The zero-order valence-electron chi connectivity index (χ0n) is 8.53. The molecule has 0 fully saturated rings. The Balaban J connectivity index is 2.23. The molecular weight excluding hydrogens is 190 g/mol. The molecular formula is C11H13N3O. The van der Waals surface area contributed by atoms with Gasteiger partial charge in [-0.2, -0.15) is 5.10 Å². The maximum atomic E-state index is 5.53. The molecule has 0 unspecified atom stereocenters. The highest BCUT2D eigenvalue weighted by molar-refractivity contribution is 5.62. The molecule has 1 aromatic heterocycles. The second-order valence-electron chi connectivity index (χ2n) is 3.16. The van der Waals surface area contributed by atoms with Crippen LogP contribution in [0.3, 0.4) is 0 Å². The number of aromatic amines is 1. The van der Waals surface area contributed by atoms with E-state index in [9.17, 15) is 0 Å². The van der Waals surface area contributed by atoms with Crippen LogP contribution >= 0.6 is 0 Å². The third-order valence-electron chi connectivity index (χ3n) is 2.07. The van der Waals surface area contributed by atoms with Crippen LogP contribution in [0.5, 0.6) is 5.75 Å². The summed E-state index contributed by atoms with van der Waals surface area (Å²) in [5.74, 6) is 1.37. The number of anilines is 1. The molecule has 2 rings (SSSR count). The monoisotopic (exact) mass is 203 g/mol. The first kappa shape index (κ1) is 9.58. The minimum Gasteiger partial charge on any atom is -0.494 e. The van der Waals surface area contributed by atoms with E-state index >= 15 is 0 Å². The molecule has 0 atom stereocenters. The number of hydrogen-bond donors (Lipinski definition) is 2. The first-order chi connectivity index (χ1) is 7.29. The molecule has 1 heterocycles. The van der Waals surface area contributed by atoms with Crippen LogP contribution < -0.4 is 10.5 Å². The van der Waals surface area contributed by atoms with Gasteiger partial charge in [0.25, 0.3) is 0 Å². The van der Waals surface area contributed by atoms with Crippen LogP contribution in [0, 0.1) is 0 Å². The number of nitrogens with one attached hydrogen (secondary N) is 1. The SMILES string of the molecule is CCOc1ccc(-c2cc(N)n[nH]2)cc1. The maximum absolute atomic E-state index is 5.53. The van der Waals surface area contributed by atoms with Crippen molar-refractivity contribution in [2.45, 2.75) is 6.92 Å². The molecule has 3 N–H and O–H groups in total. The predicted molar refractivity (Wildman–Crippen MR) is 59.6 cm³/mol. The van der Waals surface area contributed by atoms with Gasteiger partial charge in [0, 0.05) is 6.07 Å². The molecule has 0 spiro atoms. The minimum absolute atomic E-state index is 0.499. The van der Waals surface area contributed by atoms with E-state index in [4.69, 9.17) is 10.5 Å². The summed E-state index contributed by atoms with van der Waals surface area (Å²) in [6.45, 7) is 2.64. The van der Waals surface area contributed by atoms with E-state index in [0.717, 1.165) is 17.0 Å². The van der Waals surface area contributed by atoms with E-state index in [2.05, 4.69) is 10.2 Å². The van der Waals surface area contributed by atoms with E-state index in [1.165, 1.54) is 0 Å². The van der Waals surface area contributed by atoms with Gasteiger partial charge in [-0.3, -0.25) is 5.10 Å². The molecule has 0 saturated carbocycles. The summed E-state index contributed by atoms with van der Waals surface area (Å²) in [6.07, 6.45) is 0. The van der Waals surface area contributed by atoms with Crippen LogP contribution in [0.1, 0.15) is 6.92 Å². The molecule has 0 saturated heterocycles. The smallest absolute Gasteiger partial charge is 0.145 e. The summed E-state index contributed by atoms with van der Waals surface area (Å²) < 4.78 is 5.35. The molecule has 0 radical (unpaired) electrons. The molecule has 2 aromatic rings. The van der Waals surface area contributed by atoms with Crippen molar-refractivity contribution in [2.75, 3.05) is 12.3 Å². The van der Waals surface area contributed by atoms with Crippen LogP contribution in [-0.4, -0.2) is 16.8 Å². The Kier molecular flexibility index (Phi) is 2.58. The standard InChI is InChI=1S/C11H13N3O/c1-2-15-9-5-3-8(4-6-9)10-7-11(12)14-13-10/h3-7H,2H2,1H3,(H3,12,13,14). The van der Waals surface area contributed by atoms with Crippen molar-refractivity contribution >= 4 is 5.82 Å². The van der Waals surface area contributed by atoms with Gasteiger partial charge in [-0.15, -0.1) is 0 Å². The number of benzene rings is 1. The van der Waals surface area contributed by atoms with Gasteiger partial charge in [0.15, 0.2) is 0 Å². The van der Waals surface area contributed by atoms with E-state index in [-0.39, 0.29) is 0 Å². The Labute approximate surface area is 88.1 Å². The van der Waals surface area contributed by atoms with Gasteiger partial charge in [0.1, 0.15) is 11.6 Å². The van der Waals surface area contributed by atoms with Gasteiger partial charge in [0.2, 0.25) is 0 Å². The summed E-state index contributed by atoms with van der Waals surface area (Å²) >= 11 is 0. The molecule has 78 valence electrons. The number of nitrogen functional groups attached to an aromatic ring is 1. The van der Waals surface area contributed by atoms with Gasteiger partial charge in [-0.05, 0) is 36.8 Å². The lowest BCUT2D eigenvalue weighted by Gasteiger charge is -2.03. The summed E-state index contributed by atoms with van der Waals surface area (Å²) in [5.41, 5.74) is 7.48. The first-order valence-electron chi connectivity index (χ1n) is 4.83. The summed E-state index contributed by atoms with van der Waals surface area (Å²) in [7, 11) is 0. The van der Waals surface area contributed by atoms with E-state index in [1.54, 1.807) is 6.07 Å². The van der Waals surface area contributed by atoms with Gasteiger partial charge in [-0.1, -0.05) is 0 Å². The van der Waals surface area contributed by atoms with E-state index in [1.807, 2.05) is 31.2 Å². The average molecular weight is 203 g/mol. The molecule has 0 aliphatic carbocycles. The zero-order valence-corrected chi connectivity index (χ0v) is 8.53. The molecule has 0 aliphatic heterocycles. The first-order valence-corrected chi connectivity index (χ1v) is 4.83. The number of H-pyrrole nitrogens is 1. The van der Waals surface area contributed by atoms with Crippen molar-refractivity contribution in [3.8, 4) is 17.0 Å². The number of aromatic nitrogens is 2. The Morgan fingerprint density at radius 2 is 2.07 bits per heavy atom. The third kappa shape index (κ3) is 2.10. The lowest BCUT2D eigenvalue weighted by molar-refractivity contribution is 0.340. The van der Waals surface area contributed by atoms with Crippen molar-refractivity contribution in [1.29, 1.82) is 0 Å². The van der Waals surface area contributed by atoms with Crippen LogP contribution in [0.4, 0.5) is 5.82 Å². The Morgan fingerprint density at radius 1 is 1.33 bits per heavy atom. The fourth-order valence-corrected chi connectivity index (χ4v) is 1.38. The molecule has 4 heteroatoms. The second kappa shape index (κ2) is 4.04. The predicted octanol–water partition coefficient (Wildman–Crippen LogP) is 2.06. The summed E-state index contributed by atoms with van der Waals surface area (Å²) in [5, 5.41) is 6.73. The fraction of sp³-hybridized carbons (Fsp3) is 0.182. The Hall–Kier alpha value is -1.97. The summed E-state index contributed by atoms with van der Waals surface area (Å²) in [4.78, 5) is 0. The van der Waals surface area contributed by atoms with Gasteiger partial charge >= 0.3 is 0 Å². The van der Waals surface area contributed by atoms with Crippen molar-refractivity contribution in [3.63, 3.8) is 0 Å². The molecule has 0 amide bonds. The number of nitrogens with two attached hydrogens (primary N) is 1. The molecule has 15 heavy (non-hydrogen) atoms. The summed E-state index contributed by atoms with van der Waals surface area (Å²) in [6, 6.07) is 9.59. The molecule has 4 nitrogen and oxygen atoms in total. The Bertz CT molecular complexity index is 433. The van der Waals surface area contributed by atoms with E-state index < -0.39 is 0 Å². The lowest BCUT2D eigenvalue weighted by Crippen LogP contribution is -1.90. The second-order valence-corrected chi connectivity index (χ2v) is 3.16. The number of nitrogens with zero attached hydrogens (tertiary/aromatic N) is 1. The van der Waals surface area contributed by atoms with Gasteiger partial charge in [-0.25, -0.2) is 0 Å². The zero-order chi connectivity index (χ0) is 10.7. The van der Waals surface area contributed by atoms with Crippen molar-refractivity contribution in [3.05, 3.63) is 30.3 Å². The van der Waals surface area contributed by atoms with Crippen molar-refractivity contribution in [1.82, 2.24) is 10.2 Å². The van der Waals surface area contributed by atoms with Crippen LogP contribution in [0.15, 0.2) is 30.3 Å². The van der Waals surface area contributed by atoms with Crippen molar-refractivity contribution in [2.24, 2.45) is 0 Å². The van der Waals surface area contributed by atoms with Crippen molar-refractivity contribution < 1.29 is 4.74 Å². The fourth-order valence-electron chi connectivity index (χ4n) is 1.38. The molecule has 1 aromatic carbocycles. The molecule has 0 bridgehead atoms. The minimum atomic E-state index is 0.499. The highest BCUT2D eigenvalue weighted by Crippen LogP contribution is 2.21.